The molecule has 2 aromatic rings. The number of nitrogens with zero attached hydrogens (tertiary/aromatic N) is 1. The van der Waals surface area contributed by atoms with Gasteiger partial charge in [0.05, 0.1) is 15.6 Å². The van der Waals surface area contributed by atoms with Crippen LogP contribution in [0, 0.1) is 0 Å². The van der Waals surface area contributed by atoms with Crippen molar-refractivity contribution >= 4 is 50.7 Å². The minimum Gasteiger partial charge on any atom is -0.322 e. The van der Waals surface area contributed by atoms with Crippen LogP contribution in [0.4, 0.5) is 5.69 Å². The summed E-state index contributed by atoms with van der Waals surface area (Å²) in [4.78, 5) is 15.8. The second-order valence-corrected chi connectivity index (χ2v) is 5.11. The number of carbonyl (C=O) groups is 1. The molecule has 1 heterocycles. The third kappa shape index (κ3) is 3.02. The molecule has 92 valence electrons. The molecule has 6 heteroatoms. The van der Waals surface area contributed by atoms with Crippen LogP contribution in [0.5, 0.6) is 0 Å². The van der Waals surface area contributed by atoms with Gasteiger partial charge in [-0.15, -0.1) is 0 Å². The average Bonchev–Trinajstić information content (AvgIpc) is 2.34. The molecular weight excluding hydrogens is 339 g/mol. The lowest BCUT2D eigenvalue weighted by Gasteiger charge is -2.07. The normalized spacial score (nSPS) is 10.2. The lowest BCUT2D eigenvalue weighted by Crippen LogP contribution is -2.12. The van der Waals surface area contributed by atoms with E-state index in [4.69, 9.17) is 23.2 Å². The minimum absolute atomic E-state index is 0.317. The third-order valence-corrected chi connectivity index (χ3v) is 3.73. The standard InChI is InChI=1S/C12H7BrCl2N2O/c13-9-5-7(1-2-11(9)15)17-12(18)8-6-16-4-3-10(8)14/h1-6H,(H,17,18). The summed E-state index contributed by atoms with van der Waals surface area (Å²) in [6, 6.07) is 6.67. The van der Waals surface area contributed by atoms with Gasteiger partial charge in [-0.25, -0.2) is 0 Å². The molecule has 2 rings (SSSR count). The van der Waals surface area contributed by atoms with Crippen LogP contribution in [-0.4, -0.2) is 10.9 Å². The van der Waals surface area contributed by atoms with Gasteiger partial charge in [-0.3, -0.25) is 9.78 Å². The van der Waals surface area contributed by atoms with Crippen molar-refractivity contribution in [3.63, 3.8) is 0 Å². The maximum absolute atomic E-state index is 11.9. The Kier molecular flexibility index (Phi) is 4.22. The first-order valence-corrected chi connectivity index (χ1v) is 6.49. The monoisotopic (exact) mass is 344 g/mol. The smallest absolute Gasteiger partial charge is 0.258 e. The summed E-state index contributed by atoms with van der Waals surface area (Å²) >= 11 is 15.1. The van der Waals surface area contributed by atoms with Gasteiger partial charge in [0.1, 0.15) is 0 Å². The number of benzene rings is 1. The summed E-state index contributed by atoms with van der Waals surface area (Å²) in [7, 11) is 0. The fourth-order valence-electron chi connectivity index (χ4n) is 1.32. The second kappa shape index (κ2) is 5.69. The average molecular weight is 346 g/mol. The van der Waals surface area contributed by atoms with E-state index in [0.29, 0.717) is 25.8 Å². The Hall–Kier alpha value is -1.10. The van der Waals surface area contributed by atoms with Crippen molar-refractivity contribution in [1.82, 2.24) is 4.98 Å². The number of anilines is 1. The maximum atomic E-state index is 11.9. The van der Waals surface area contributed by atoms with Crippen molar-refractivity contribution in [2.45, 2.75) is 0 Å². The molecule has 0 fully saturated rings. The summed E-state index contributed by atoms with van der Waals surface area (Å²) in [6.45, 7) is 0. The number of amides is 1. The number of carbonyl (C=O) groups excluding carboxylic acids is 1. The van der Waals surface area contributed by atoms with Gasteiger partial charge >= 0.3 is 0 Å². The molecule has 0 saturated carbocycles. The summed E-state index contributed by atoms with van der Waals surface area (Å²) in [5.74, 6) is -0.317. The lowest BCUT2D eigenvalue weighted by molar-refractivity contribution is 0.102. The Labute approximate surface area is 122 Å². The molecule has 0 atom stereocenters. The Morgan fingerprint density at radius 3 is 2.67 bits per heavy atom. The quantitative estimate of drug-likeness (QED) is 0.876. The molecule has 18 heavy (non-hydrogen) atoms. The number of hydrogen-bond donors (Lipinski definition) is 1. The molecule has 0 radical (unpaired) electrons. The Morgan fingerprint density at radius 1 is 1.22 bits per heavy atom. The van der Waals surface area contributed by atoms with Crippen molar-refractivity contribution in [3.05, 3.63) is 56.7 Å². The largest absolute Gasteiger partial charge is 0.322 e. The van der Waals surface area contributed by atoms with Crippen LogP contribution in [0.3, 0.4) is 0 Å². The van der Waals surface area contributed by atoms with E-state index in [-0.39, 0.29) is 5.91 Å². The Bertz CT molecular complexity index is 604. The van der Waals surface area contributed by atoms with Crippen LogP contribution in [0.2, 0.25) is 10.0 Å². The van der Waals surface area contributed by atoms with E-state index >= 15 is 0 Å². The molecule has 1 N–H and O–H groups in total. The van der Waals surface area contributed by atoms with Crippen LogP contribution in [0.1, 0.15) is 10.4 Å². The molecule has 0 bridgehead atoms. The zero-order chi connectivity index (χ0) is 13.1. The van der Waals surface area contributed by atoms with Crippen molar-refractivity contribution in [1.29, 1.82) is 0 Å². The number of pyridine rings is 1. The molecule has 1 aromatic heterocycles. The fourth-order valence-corrected chi connectivity index (χ4v) is 2.00. The topological polar surface area (TPSA) is 42.0 Å². The molecule has 0 unspecified atom stereocenters. The molecule has 0 saturated heterocycles. The van der Waals surface area contributed by atoms with E-state index in [0.717, 1.165) is 0 Å². The van der Waals surface area contributed by atoms with Crippen LogP contribution in [-0.2, 0) is 0 Å². The third-order valence-electron chi connectivity index (χ3n) is 2.19. The van der Waals surface area contributed by atoms with Crippen molar-refractivity contribution in [2.24, 2.45) is 0 Å². The fraction of sp³-hybridized carbons (Fsp3) is 0. The molecule has 1 aromatic carbocycles. The van der Waals surface area contributed by atoms with E-state index in [9.17, 15) is 4.79 Å². The summed E-state index contributed by atoms with van der Waals surface area (Å²) in [5, 5.41) is 3.65. The molecular formula is C12H7BrCl2N2O. The van der Waals surface area contributed by atoms with Gasteiger partial charge < -0.3 is 5.32 Å². The highest BCUT2D eigenvalue weighted by molar-refractivity contribution is 9.10. The van der Waals surface area contributed by atoms with Gasteiger partial charge in [0.25, 0.3) is 5.91 Å². The Balaban J connectivity index is 2.22. The predicted octanol–water partition coefficient (Wildman–Crippen LogP) is 4.40. The van der Waals surface area contributed by atoms with E-state index in [1.54, 1.807) is 24.3 Å². The van der Waals surface area contributed by atoms with E-state index in [1.165, 1.54) is 12.4 Å². The maximum Gasteiger partial charge on any atom is 0.258 e. The van der Waals surface area contributed by atoms with Gasteiger partial charge in [-0.2, -0.15) is 0 Å². The first-order valence-electron chi connectivity index (χ1n) is 4.94. The van der Waals surface area contributed by atoms with Gasteiger partial charge in [-0.1, -0.05) is 23.2 Å². The number of hydrogen-bond acceptors (Lipinski definition) is 2. The highest BCUT2D eigenvalue weighted by atomic mass is 79.9. The number of halogens is 3. The summed E-state index contributed by atoms with van der Waals surface area (Å²) in [6.07, 6.45) is 2.95. The summed E-state index contributed by atoms with van der Waals surface area (Å²) < 4.78 is 0.708. The molecule has 0 aliphatic heterocycles. The highest BCUT2D eigenvalue weighted by Gasteiger charge is 2.10. The molecule has 0 aliphatic carbocycles. The van der Waals surface area contributed by atoms with E-state index in [1.807, 2.05) is 0 Å². The van der Waals surface area contributed by atoms with Crippen LogP contribution >= 0.6 is 39.1 Å². The van der Waals surface area contributed by atoms with Crippen molar-refractivity contribution < 1.29 is 4.79 Å². The predicted molar refractivity (Wildman–Crippen MR) is 76.4 cm³/mol. The van der Waals surface area contributed by atoms with Gasteiger partial charge in [0, 0.05) is 22.6 Å². The van der Waals surface area contributed by atoms with Crippen LogP contribution < -0.4 is 5.32 Å². The highest BCUT2D eigenvalue weighted by Crippen LogP contribution is 2.26. The number of rotatable bonds is 2. The lowest BCUT2D eigenvalue weighted by atomic mass is 10.2. The first-order chi connectivity index (χ1) is 8.58. The molecule has 0 aliphatic rings. The van der Waals surface area contributed by atoms with Gasteiger partial charge in [-0.05, 0) is 40.2 Å². The second-order valence-electron chi connectivity index (χ2n) is 3.44. The SMILES string of the molecule is O=C(Nc1ccc(Cl)c(Br)c1)c1cnccc1Cl. The van der Waals surface area contributed by atoms with Crippen LogP contribution in [0.15, 0.2) is 41.1 Å². The summed E-state index contributed by atoms with van der Waals surface area (Å²) in [5.41, 5.74) is 0.946. The minimum atomic E-state index is -0.317. The first kappa shape index (κ1) is 13.3. The Morgan fingerprint density at radius 2 is 2.00 bits per heavy atom. The van der Waals surface area contributed by atoms with Crippen molar-refractivity contribution in [2.75, 3.05) is 5.32 Å². The zero-order valence-electron chi connectivity index (χ0n) is 8.95. The molecule has 0 spiro atoms. The van der Waals surface area contributed by atoms with E-state index in [2.05, 4.69) is 26.2 Å². The number of aromatic nitrogens is 1. The van der Waals surface area contributed by atoms with Gasteiger partial charge in [0.15, 0.2) is 0 Å². The molecule has 1 amide bonds. The van der Waals surface area contributed by atoms with Gasteiger partial charge in [0.2, 0.25) is 0 Å². The molecule has 3 nitrogen and oxygen atoms in total. The van der Waals surface area contributed by atoms with Crippen LogP contribution in [0.25, 0.3) is 0 Å². The van der Waals surface area contributed by atoms with Crippen molar-refractivity contribution in [3.8, 4) is 0 Å². The number of nitrogens with one attached hydrogen (secondary N) is 1. The zero-order valence-corrected chi connectivity index (χ0v) is 12.1. The van der Waals surface area contributed by atoms with E-state index < -0.39 is 0 Å².